The van der Waals surface area contributed by atoms with Crippen molar-refractivity contribution < 1.29 is 0 Å². The van der Waals surface area contributed by atoms with Gasteiger partial charge in [-0.25, -0.2) is 0 Å². The smallest absolute Gasteiger partial charge is 0.0626 e. The molecule has 0 spiro atoms. The van der Waals surface area contributed by atoms with Crippen LogP contribution in [0.4, 0.5) is 0 Å². The fraction of sp³-hybridized carbons (Fsp3) is 0. The van der Waals surface area contributed by atoms with Gasteiger partial charge in [-0.2, -0.15) is 0 Å². The first-order valence-corrected chi connectivity index (χ1v) is 26.0. The van der Waals surface area contributed by atoms with Crippen LogP contribution in [0, 0.1) is 0 Å². The van der Waals surface area contributed by atoms with Crippen LogP contribution >= 0.6 is 11.3 Å². The van der Waals surface area contributed by atoms with Crippen LogP contribution in [0.1, 0.15) is 0 Å². The van der Waals surface area contributed by atoms with Crippen molar-refractivity contribution in [3.05, 3.63) is 255 Å². The fourth-order valence-electron chi connectivity index (χ4n) is 12.4. The van der Waals surface area contributed by atoms with Gasteiger partial charge in [0.25, 0.3) is 0 Å². The van der Waals surface area contributed by atoms with Gasteiger partial charge in [0.05, 0.1) is 27.8 Å². The third-order valence-corrected chi connectivity index (χ3v) is 16.8. The van der Waals surface area contributed by atoms with Crippen LogP contribution in [0.25, 0.3) is 152 Å². The van der Waals surface area contributed by atoms with Crippen LogP contribution in [0.5, 0.6) is 0 Å². The number of nitrogens with zero attached hydrogens (tertiary/aromatic N) is 2. The lowest BCUT2D eigenvalue weighted by Crippen LogP contribution is -1.99. The van der Waals surface area contributed by atoms with Crippen molar-refractivity contribution >= 4 is 107 Å². The summed E-state index contributed by atoms with van der Waals surface area (Å²) < 4.78 is 7.65. The Balaban J connectivity index is 0.882. The number of aromatic nitrogens is 2. The van der Waals surface area contributed by atoms with Gasteiger partial charge in [-0.05, 0) is 133 Å². The van der Waals surface area contributed by atoms with Gasteiger partial charge in [-0.1, -0.05) is 182 Å². The number of hydrogen-bond donors (Lipinski definition) is 0. The summed E-state index contributed by atoms with van der Waals surface area (Å²) in [5, 5.41) is 15.3. The summed E-state index contributed by atoms with van der Waals surface area (Å²) in [6.07, 6.45) is 0. The molecule has 0 aliphatic carbocycles. The van der Waals surface area contributed by atoms with Crippen molar-refractivity contribution in [2.75, 3.05) is 0 Å². The molecule has 0 aliphatic rings. The summed E-state index contributed by atoms with van der Waals surface area (Å²) in [4.78, 5) is 0. The molecule has 16 rings (SSSR count). The van der Waals surface area contributed by atoms with Gasteiger partial charge in [0.1, 0.15) is 0 Å². The Labute approximate surface area is 424 Å². The van der Waals surface area contributed by atoms with Crippen molar-refractivity contribution in [1.82, 2.24) is 9.13 Å². The molecule has 73 heavy (non-hydrogen) atoms. The molecule has 0 unspecified atom stereocenters. The molecule has 0 N–H and O–H groups in total. The van der Waals surface area contributed by atoms with Crippen molar-refractivity contribution in [3.63, 3.8) is 0 Å². The van der Waals surface area contributed by atoms with Gasteiger partial charge in [0.15, 0.2) is 0 Å². The molecule has 2 nitrogen and oxygen atoms in total. The minimum Gasteiger partial charge on any atom is -0.309 e. The number of para-hydroxylation sites is 2. The van der Waals surface area contributed by atoms with E-state index < -0.39 is 0 Å². The molecule has 0 fully saturated rings. The summed E-state index contributed by atoms with van der Waals surface area (Å²) in [6.45, 7) is 0. The SMILES string of the molecule is c1ccc(-c2cccc(-c3ccc4sc5ccc(-c6ccc7c(c6)c6ccccc6n7-c6cc7cccc8c7c7c6cccc7c6c8c7ccccc7n6-c6cccc(-c7ccccc7)c6)cc5c4c3)c2)cc1. The summed E-state index contributed by atoms with van der Waals surface area (Å²) in [5.41, 5.74) is 17.0. The van der Waals surface area contributed by atoms with Gasteiger partial charge in [-0.3, -0.25) is 0 Å². The molecule has 338 valence electrons. The minimum atomic E-state index is 1.15. The molecule has 0 aliphatic heterocycles. The minimum absolute atomic E-state index is 1.15. The van der Waals surface area contributed by atoms with Gasteiger partial charge >= 0.3 is 0 Å². The molecule has 0 radical (unpaired) electrons. The van der Waals surface area contributed by atoms with Gasteiger partial charge in [0.2, 0.25) is 0 Å². The Morgan fingerprint density at radius 2 is 0.740 bits per heavy atom. The third-order valence-electron chi connectivity index (χ3n) is 15.6. The molecular weight excluding hydrogens is 901 g/mol. The van der Waals surface area contributed by atoms with Gasteiger partial charge in [-0.15, -0.1) is 11.3 Å². The summed E-state index contributed by atoms with van der Waals surface area (Å²) in [7, 11) is 0. The zero-order valence-corrected chi connectivity index (χ0v) is 40.4. The fourth-order valence-corrected chi connectivity index (χ4v) is 13.4. The topological polar surface area (TPSA) is 9.86 Å². The lowest BCUT2D eigenvalue weighted by atomic mass is 9.90. The molecule has 16 aromatic rings. The number of thiophene rings is 1. The van der Waals surface area contributed by atoms with E-state index in [1.165, 1.54) is 146 Å². The average molecular weight is 943 g/mol. The van der Waals surface area contributed by atoms with Crippen LogP contribution in [-0.2, 0) is 0 Å². The van der Waals surface area contributed by atoms with Crippen molar-refractivity contribution in [2.24, 2.45) is 0 Å². The second kappa shape index (κ2) is 15.6. The van der Waals surface area contributed by atoms with E-state index in [1.54, 1.807) is 0 Å². The first-order chi connectivity index (χ1) is 36.2. The number of benzene rings is 13. The van der Waals surface area contributed by atoms with Crippen LogP contribution < -0.4 is 0 Å². The highest BCUT2D eigenvalue weighted by atomic mass is 32.1. The van der Waals surface area contributed by atoms with E-state index in [1.807, 2.05) is 11.3 Å². The van der Waals surface area contributed by atoms with E-state index in [4.69, 9.17) is 0 Å². The van der Waals surface area contributed by atoms with Crippen LogP contribution in [0.15, 0.2) is 255 Å². The lowest BCUT2D eigenvalue weighted by Gasteiger charge is -2.19. The van der Waals surface area contributed by atoms with E-state index in [9.17, 15) is 0 Å². The standard InChI is InChI=1S/C70H42N2S/c1-3-15-43(16-4-1)45-19-11-20-46(37-45)49-32-35-65-59(40-49)60-41-50(33-36-66(60)73-65)48-31-34-63-58(39-48)53-24-7-9-29-61(53)72(63)64-42-51-22-13-27-56-67(51)68-55(64)26-14-28-57(68)70-69(56)54-25-8-10-30-62(54)71(70)52-23-12-21-47(38-52)44-17-5-2-6-18-44/h1-42H. The highest BCUT2D eigenvalue weighted by Gasteiger charge is 2.24. The van der Waals surface area contributed by atoms with Crippen molar-refractivity contribution in [1.29, 1.82) is 0 Å². The van der Waals surface area contributed by atoms with Crippen molar-refractivity contribution in [2.45, 2.75) is 0 Å². The lowest BCUT2D eigenvalue weighted by molar-refractivity contribution is 1.19. The normalized spacial score (nSPS) is 12.1. The highest BCUT2D eigenvalue weighted by Crippen LogP contribution is 2.49. The zero-order chi connectivity index (χ0) is 47.7. The first kappa shape index (κ1) is 40.4. The number of rotatable bonds is 6. The second-order valence-electron chi connectivity index (χ2n) is 19.6. The van der Waals surface area contributed by atoms with Gasteiger partial charge < -0.3 is 9.13 Å². The molecule has 13 aromatic carbocycles. The summed E-state index contributed by atoms with van der Waals surface area (Å²) >= 11 is 1.87. The molecular formula is C70H42N2S. The molecule has 0 bridgehead atoms. The van der Waals surface area contributed by atoms with Crippen molar-refractivity contribution in [3.8, 4) is 55.9 Å². The predicted octanol–water partition coefficient (Wildman–Crippen LogP) is 19.8. The molecule has 0 saturated heterocycles. The van der Waals surface area contributed by atoms with E-state index in [0.29, 0.717) is 0 Å². The largest absolute Gasteiger partial charge is 0.309 e. The van der Waals surface area contributed by atoms with E-state index in [2.05, 4.69) is 264 Å². The van der Waals surface area contributed by atoms with Crippen LogP contribution in [-0.4, -0.2) is 9.13 Å². The molecule has 3 heteroatoms. The van der Waals surface area contributed by atoms with Crippen LogP contribution in [0.3, 0.4) is 0 Å². The maximum absolute atomic E-state index is 2.53. The molecule has 0 saturated carbocycles. The maximum Gasteiger partial charge on any atom is 0.0626 e. The maximum atomic E-state index is 2.53. The molecule has 3 heterocycles. The third kappa shape index (κ3) is 6.04. The second-order valence-corrected chi connectivity index (χ2v) is 20.7. The van der Waals surface area contributed by atoms with E-state index >= 15 is 0 Å². The number of fused-ring (bicyclic) bond motifs is 11. The monoisotopic (exact) mass is 942 g/mol. The number of hydrogen-bond acceptors (Lipinski definition) is 1. The Morgan fingerprint density at radius 3 is 1.47 bits per heavy atom. The Bertz CT molecular complexity index is 4900. The van der Waals surface area contributed by atoms with E-state index in [-0.39, 0.29) is 0 Å². The summed E-state index contributed by atoms with van der Waals surface area (Å²) in [5.74, 6) is 0. The highest BCUT2D eigenvalue weighted by molar-refractivity contribution is 7.25. The Morgan fingerprint density at radius 1 is 0.247 bits per heavy atom. The zero-order valence-electron chi connectivity index (χ0n) is 39.6. The molecule has 3 aromatic heterocycles. The van der Waals surface area contributed by atoms with E-state index in [0.717, 1.165) is 5.69 Å². The Hall–Kier alpha value is -9.28. The predicted molar refractivity (Wildman–Crippen MR) is 313 cm³/mol. The quantitative estimate of drug-likeness (QED) is 0.147. The Kier molecular flexibility index (Phi) is 8.65. The molecule has 0 atom stereocenters. The van der Waals surface area contributed by atoms with Crippen LogP contribution in [0.2, 0.25) is 0 Å². The summed E-state index contributed by atoms with van der Waals surface area (Å²) in [6, 6.07) is 94.7. The average Bonchev–Trinajstić information content (AvgIpc) is 4.16. The first-order valence-electron chi connectivity index (χ1n) is 25.1. The van der Waals surface area contributed by atoms with Gasteiger partial charge in [0, 0.05) is 63.6 Å². The molecule has 0 amide bonds.